The zero-order chi connectivity index (χ0) is 19.2. The Morgan fingerprint density at radius 1 is 1.19 bits per heavy atom. The highest BCUT2D eigenvalue weighted by Gasteiger charge is 2.22. The number of nitrogens with one attached hydrogen (secondary N) is 2. The summed E-state index contributed by atoms with van der Waals surface area (Å²) in [6.07, 6.45) is 1.56. The van der Waals surface area contributed by atoms with Gasteiger partial charge in [0, 0.05) is 36.4 Å². The summed E-state index contributed by atoms with van der Waals surface area (Å²) in [7, 11) is 1.63. The SMILES string of the molecule is COc1cccc(NC(=S)N2CCC(NC(=O)c3cccc(F)c3)CC2)c1. The Labute approximate surface area is 163 Å². The molecule has 1 heterocycles. The Bertz CT molecular complexity index is 822. The molecule has 5 nitrogen and oxygen atoms in total. The summed E-state index contributed by atoms with van der Waals surface area (Å²) in [5, 5.41) is 6.85. The molecule has 0 radical (unpaired) electrons. The molecule has 27 heavy (non-hydrogen) atoms. The zero-order valence-corrected chi connectivity index (χ0v) is 15.9. The number of carbonyl (C=O) groups is 1. The van der Waals surface area contributed by atoms with Gasteiger partial charge in [-0.1, -0.05) is 12.1 Å². The first kappa shape index (κ1) is 19.1. The molecule has 2 N–H and O–H groups in total. The second-order valence-electron chi connectivity index (χ2n) is 6.41. The van der Waals surface area contributed by atoms with Crippen molar-refractivity contribution in [1.82, 2.24) is 10.2 Å². The number of anilines is 1. The molecule has 0 unspecified atom stereocenters. The van der Waals surface area contributed by atoms with E-state index in [2.05, 4.69) is 15.5 Å². The van der Waals surface area contributed by atoms with E-state index in [1.54, 1.807) is 13.2 Å². The van der Waals surface area contributed by atoms with E-state index < -0.39 is 5.82 Å². The number of amides is 1. The minimum atomic E-state index is -0.411. The van der Waals surface area contributed by atoms with Crippen LogP contribution >= 0.6 is 12.2 Å². The monoisotopic (exact) mass is 387 g/mol. The number of rotatable bonds is 4. The number of likely N-dealkylation sites (tertiary alicyclic amines) is 1. The highest BCUT2D eigenvalue weighted by atomic mass is 32.1. The quantitative estimate of drug-likeness (QED) is 0.788. The van der Waals surface area contributed by atoms with Gasteiger partial charge in [0.25, 0.3) is 5.91 Å². The molecule has 2 aromatic rings. The van der Waals surface area contributed by atoms with Crippen molar-refractivity contribution in [3.05, 3.63) is 59.9 Å². The summed E-state index contributed by atoms with van der Waals surface area (Å²) in [5.74, 6) is 0.109. The number of halogens is 1. The van der Waals surface area contributed by atoms with Gasteiger partial charge in [-0.3, -0.25) is 4.79 Å². The first-order valence-corrected chi connectivity index (χ1v) is 9.22. The zero-order valence-electron chi connectivity index (χ0n) is 15.1. The van der Waals surface area contributed by atoms with Crippen LogP contribution in [0.25, 0.3) is 0 Å². The molecule has 2 aromatic carbocycles. The first-order valence-electron chi connectivity index (χ1n) is 8.81. The van der Waals surface area contributed by atoms with Crippen molar-refractivity contribution in [2.75, 3.05) is 25.5 Å². The molecule has 0 saturated carbocycles. The van der Waals surface area contributed by atoms with E-state index in [0.717, 1.165) is 37.4 Å². The topological polar surface area (TPSA) is 53.6 Å². The van der Waals surface area contributed by atoms with Gasteiger partial charge in [0.05, 0.1) is 7.11 Å². The van der Waals surface area contributed by atoms with Crippen LogP contribution in [-0.2, 0) is 0 Å². The number of benzene rings is 2. The number of methoxy groups -OCH3 is 1. The summed E-state index contributed by atoms with van der Waals surface area (Å²) in [6, 6.07) is 13.4. The van der Waals surface area contributed by atoms with Crippen molar-refractivity contribution in [3.63, 3.8) is 0 Å². The van der Waals surface area contributed by atoms with Gasteiger partial charge in [0.15, 0.2) is 5.11 Å². The fraction of sp³-hybridized carbons (Fsp3) is 0.300. The number of nitrogens with zero attached hydrogens (tertiary/aromatic N) is 1. The summed E-state index contributed by atoms with van der Waals surface area (Å²) >= 11 is 5.50. The van der Waals surface area contributed by atoms with Crippen molar-refractivity contribution in [1.29, 1.82) is 0 Å². The molecular weight excluding hydrogens is 365 g/mol. The molecule has 1 fully saturated rings. The molecule has 1 saturated heterocycles. The van der Waals surface area contributed by atoms with Crippen LogP contribution in [0.1, 0.15) is 23.2 Å². The van der Waals surface area contributed by atoms with Gasteiger partial charge in [0.1, 0.15) is 11.6 Å². The second kappa shape index (κ2) is 8.81. The van der Waals surface area contributed by atoms with Crippen molar-refractivity contribution in [2.24, 2.45) is 0 Å². The lowest BCUT2D eigenvalue weighted by Gasteiger charge is -2.34. The van der Waals surface area contributed by atoms with Crippen LogP contribution in [0.3, 0.4) is 0 Å². The molecule has 7 heteroatoms. The highest BCUT2D eigenvalue weighted by Crippen LogP contribution is 2.18. The number of hydrogen-bond donors (Lipinski definition) is 2. The standard InChI is InChI=1S/C20H22FN3O2S/c1-26-18-7-3-6-17(13-18)23-20(27)24-10-8-16(9-11-24)22-19(25)14-4-2-5-15(21)12-14/h2-7,12-13,16H,8-11H2,1H3,(H,22,25)(H,23,27). The third-order valence-electron chi connectivity index (χ3n) is 4.53. The number of ether oxygens (including phenoxy) is 1. The molecule has 142 valence electrons. The van der Waals surface area contributed by atoms with Crippen LogP contribution in [-0.4, -0.2) is 42.2 Å². The van der Waals surface area contributed by atoms with E-state index in [0.29, 0.717) is 10.7 Å². The van der Waals surface area contributed by atoms with E-state index >= 15 is 0 Å². The predicted molar refractivity (Wildman–Crippen MR) is 108 cm³/mol. The van der Waals surface area contributed by atoms with Crippen LogP contribution < -0.4 is 15.4 Å². The molecule has 0 spiro atoms. The Hall–Kier alpha value is -2.67. The summed E-state index contributed by atoms with van der Waals surface area (Å²) in [4.78, 5) is 14.3. The molecule has 0 bridgehead atoms. The van der Waals surface area contributed by atoms with Gasteiger partial charge in [-0.25, -0.2) is 4.39 Å². The molecule has 3 rings (SSSR count). The molecule has 0 aromatic heterocycles. The summed E-state index contributed by atoms with van der Waals surface area (Å²) < 4.78 is 18.5. The number of thiocarbonyl (C=S) groups is 1. The third kappa shape index (κ3) is 5.17. The smallest absolute Gasteiger partial charge is 0.251 e. The average molecular weight is 387 g/mol. The Morgan fingerprint density at radius 2 is 1.93 bits per heavy atom. The van der Waals surface area contributed by atoms with Crippen LogP contribution in [0.5, 0.6) is 5.75 Å². The number of hydrogen-bond acceptors (Lipinski definition) is 3. The predicted octanol–water partition coefficient (Wildman–Crippen LogP) is 3.43. The summed E-state index contributed by atoms with van der Waals surface area (Å²) in [5.41, 5.74) is 1.22. The largest absolute Gasteiger partial charge is 0.497 e. The Kier molecular flexibility index (Phi) is 6.24. The maximum Gasteiger partial charge on any atom is 0.251 e. The Morgan fingerprint density at radius 3 is 2.63 bits per heavy atom. The van der Waals surface area contributed by atoms with Gasteiger partial charge in [-0.2, -0.15) is 0 Å². The average Bonchev–Trinajstić information content (AvgIpc) is 2.68. The molecule has 0 aliphatic carbocycles. The third-order valence-corrected chi connectivity index (χ3v) is 4.89. The maximum absolute atomic E-state index is 13.3. The van der Waals surface area contributed by atoms with Gasteiger partial charge in [-0.05, 0) is 55.4 Å². The fourth-order valence-electron chi connectivity index (χ4n) is 3.03. The minimum absolute atomic E-state index is 0.0524. The van der Waals surface area contributed by atoms with Crippen molar-refractivity contribution >= 4 is 28.9 Å². The van der Waals surface area contributed by atoms with Crippen LogP contribution in [0.15, 0.2) is 48.5 Å². The molecule has 1 aliphatic heterocycles. The van der Waals surface area contributed by atoms with E-state index in [1.807, 2.05) is 24.3 Å². The van der Waals surface area contributed by atoms with E-state index in [-0.39, 0.29) is 11.9 Å². The van der Waals surface area contributed by atoms with E-state index in [1.165, 1.54) is 18.2 Å². The first-order chi connectivity index (χ1) is 13.0. The molecule has 1 amide bonds. The number of carbonyl (C=O) groups excluding carboxylic acids is 1. The lowest BCUT2D eigenvalue weighted by molar-refractivity contribution is 0.0922. The molecule has 1 aliphatic rings. The Balaban J connectivity index is 1.49. The van der Waals surface area contributed by atoms with Gasteiger partial charge in [-0.15, -0.1) is 0 Å². The maximum atomic E-state index is 13.3. The normalized spacial score (nSPS) is 14.5. The van der Waals surface area contributed by atoms with Crippen LogP contribution in [0.2, 0.25) is 0 Å². The lowest BCUT2D eigenvalue weighted by atomic mass is 10.0. The lowest BCUT2D eigenvalue weighted by Crippen LogP contribution is -2.47. The van der Waals surface area contributed by atoms with Crippen molar-refractivity contribution < 1.29 is 13.9 Å². The van der Waals surface area contributed by atoms with E-state index in [9.17, 15) is 9.18 Å². The van der Waals surface area contributed by atoms with Crippen LogP contribution in [0.4, 0.5) is 10.1 Å². The summed E-state index contributed by atoms with van der Waals surface area (Å²) in [6.45, 7) is 1.48. The van der Waals surface area contributed by atoms with Gasteiger partial charge < -0.3 is 20.3 Å². The fourth-order valence-corrected chi connectivity index (χ4v) is 3.33. The van der Waals surface area contributed by atoms with Crippen molar-refractivity contribution in [2.45, 2.75) is 18.9 Å². The molecule has 0 atom stereocenters. The highest BCUT2D eigenvalue weighted by molar-refractivity contribution is 7.80. The molecular formula is C20H22FN3O2S. The minimum Gasteiger partial charge on any atom is -0.497 e. The van der Waals surface area contributed by atoms with Crippen molar-refractivity contribution in [3.8, 4) is 5.75 Å². The number of piperidine rings is 1. The second-order valence-corrected chi connectivity index (χ2v) is 6.79. The van der Waals surface area contributed by atoms with Gasteiger partial charge in [0.2, 0.25) is 0 Å². The van der Waals surface area contributed by atoms with E-state index in [4.69, 9.17) is 17.0 Å². The van der Waals surface area contributed by atoms with Crippen LogP contribution in [0, 0.1) is 5.82 Å². The van der Waals surface area contributed by atoms with Gasteiger partial charge >= 0.3 is 0 Å².